The van der Waals surface area contributed by atoms with Crippen molar-refractivity contribution < 1.29 is 4.39 Å². The third-order valence-electron chi connectivity index (χ3n) is 3.09. The molecular weight excluding hydrogens is 329 g/mol. The highest BCUT2D eigenvalue weighted by Gasteiger charge is 2.16. The van der Waals surface area contributed by atoms with Crippen LogP contribution in [0.4, 0.5) is 9.52 Å². The number of aromatic nitrogens is 1. The monoisotopic (exact) mass is 341 g/mol. The molecular formula is C13H13BrFN3S. The second-order valence-corrected chi connectivity index (χ2v) is 6.13. The molecule has 3 nitrogen and oxygen atoms in total. The lowest BCUT2D eigenvalue weighted by Crippen LogP contribution is -2.43. The number of hydrogen-bond donors (Lipinski definition) is 1. The first-order valence-electron chi connectivity index (χ1n) is 6.10. The van der Waals surface area contributed by atoms with Gasteiger partial charge in [0.1, 0.15) is 5.82 Å². The normalized spacial score (nSPS) is 15.8. The van der Waals surface area contributed by atoms with Crippen LogP contribution < -0.4 is 10.2 Å². The fourth-order valence-electron chi connectivity index (χ4n) is 2.09. The van der Waals surface area contributed by atoms with Crippen molar-refractivity contribution in [1.82, 2.24) is 10.3 Å². The summed E-state index contributed by atoms with van der Waals surface area (Å²) in [6.45, 7) is 3.86. The van der Waals surface area contributed by atoms with E-state index in [0.717, 1.165) is 35.8 Å². The molecule has 19 heavy (non-hydrogen) atoms. The third kappa shape index (κ3) is 2.80. The molecule has 1 aromatic carbocycles. The smallest absolute Gasteiger partial charge is 0.185 e. The van der Waals surface area contributed by atoms with E-state index in [-0.39, 0.29) is 5.82 Å². The summed E-state index contributed by atoms with van der Waals surface area (Å²) in [5.41, 5.74) is 1.27. The van der Waals surface area contributed by atoms with E-state index in [0.29, 0.717) is 11.3 Å². The van der Waals surface area contributed by atoms with E-state index in [1.165, 1.54) is 6.07 Å². The fraction of sp³-hybridized carbons (Fsp3) is 0.308. The maximum Gasteiger partial charge on any atom is 0.185 e. The lowest BCUT2D eigenvalue weighted by Gasteiger charge is -2.26. The minimum Gasteiger partial charge on any atom is -0.346 e. The Hall–Kier alpha value is -0.980. The molecule has 0 amide bonds. The van der Waals surface area contributed by atoms with Crippen LogP contribution in [-0.4, -0.2) is 31.2 Å². The average Bonchev–Trinajstić information content (AvgIpc) is 2.89. The van der Waals surface area contributed by atoms with E-state index in [1.54, 1.807) is 17.4 Å². The number of benzene rings is 1. The minimum absolute atomic E-state index is 0.244. The van der Waals surface area contributed by atoms with Gasteiger partial charge in [0, 0.05) is 41.6 Å². The number of piperazine rings is 1. The van der Waals surface area contributed by atoms with Crippen LogP contribution in [0, 0.1) is 5.82 Å². The quantitative estimate of drug-likeness (QED) is 0.909. The standard InChI is InChI=1S/C13H13BrFN3S/c14-9-1-2-10(11(15)7-9)12-8-19-13(17-12)18-5-3-16-4-6-18/h1-2,7-8,16H,3-6H2. The molecule has 6 heteroatoms. The summed E-state index contributed by atoms with van der Waals surface area (Å²) in [4.78, 5) is 6.79. The summed E-state index contributed by atoms with van der Waals surface area (Å²) >= 11 is 4.84. The lowest BCUT2D eigenvalue weighted by molar-refractivity contribution is 0.588. The summed E-state index contributed by atoms with van der Waals surface area (Å²) in [5, 5.41) is 6.20. The zero-order valence-electron chi connectivity index (χ0n) is 10.2. The van der Waals surface area contributed by atoms with E-state index in [2.05, 4.69) is 31.1 Å². The molecule has 0 unspecified atom stereocenters. The van der Waals surface area contributed by atoms with Gasteiger partial charge in [-0.15, -0.1) is 11.3 Å². The van der Waals surface area contributed by atoms with Gasteiger partial charge in [-0.2, -0.15) is 0 Å². The van der Waals surface area contributed by atoms with Gasteiger partial charge in [0.15, 0.2) is 5.13 Å². The number of rotatable bonds is 2. The number of thiazole rings is 1. The Morgan fingerprint density at radius 3 is 2.84 bits per heavy atom. The van der Waals surface area contributed by atoms with Crippen LogP contribution in [0.2, 0.25) is 0 Å². The Morgan fingerprint density at radius 1 is 1.32 bits per heavy atom. The molecule has 1 N–H and O–H groups in total. The fourth-order valence-corrected chi connectivity index (χ4v) is 3.30. The zero-order chi connectivity index (χ0) is 13.2. The topological polar surface area (TPSA) is 28.2 Å². The molecule has 2 heterocycles. The molecule has 3 rings (SSSR count). The molecule has 100 valence electrons. The van der Waals surface area contributed by atoms with Gasteiger partial charge in [-0.25, -0.2) is 9.37 Å². The molecule has 0 spiro atoms. The van der Waals surface area contributed by atoms with Crippen LogP contribution in [0.3, 0.4) is 0 Å². The predicted molar refractivity (Wildman–Crippen MR) is 80.3 cm³/mol. The molecule has 2 aromatic rings. The minimum atomic E-state index is -0.244. The van der Waals surface area contributed by atoms with E-state index < -0.39 is 0 Å². The molecule has 0 radical (unpaired) electrons. The Bertz CT molecular complexity index is 581. The largest absolute Gasteiger partial charge is 0.346 e. The summed E-state index contributed by atoms with van der Waals surface area (Å²) < 4.78 is 14.6. The van der Waals surface area contributed by atoms with Crippen molar-refractivity contribution in [3.63, 3.8) is 0 Å². The van der Waals surface area contributed by atoms with E-state index in [4.69, 9.17) is 0 Å². The maximum atomic E-state index is 13.9. The number of hydrogen-bond acceptors (Lipinski definition) is 4. The molecule has 0 saturated carbocycles. The van der Waals surface area contributed by atoms with Crippen LogP contribution in [0.5, 0.6) is 0 Å². The first-order valence-corrected chi connectivity index (χ1v) is 7.78. The van der Waals surface area contributed by atoms with Gasteiger partial charge < -0.3 is 10.2 Å². The van der Waals surface area contributed by atoms with Gasteiger partial charge in [0.05, 0.1) is 5.69 Å². The second kappa shape index (κ2) is 5.56. The highest BCUT2D eigenvalue weighted by atomic mass is 79.9. The van der Waals surface area contributed by atoms with Crippen molar-refractivity contribution in [1.29, 1.82) is 0 Å². The van der Waals surface area contributed by atoms with Gasteiger partial charge >= 0.3 is 0 Å². The average molecular weight is 342 g/mol. The van der Waals surface area contributed by atoms with Gasteiger partial charge in [0.2, 0.25) is 0 Å². The third-order valence-corrected chi connectivity index (χ3v) is 4.48. The van der Waals surface area contributed by atoms with Crippen molar-refractivity contribution in [3.8, 4) is 11.3 Å². The van der Waals surface area contributed by atoms with Gasteiger partial charge in [-0.3, -0.25) is 0 Å². The Labute approximate surface area is 123 Å². The van der Waals surface area contributed by atoms with E-state index >= 15 is 0 Å². The predicted octanol–water partition coefficient (Wildman–Crippen LogP) is 3.12. The molecule has 0 bridgehead atoms. The van der Waals surface area contributed by atoms with E-state index in [9.17, 15) is 4.39 Å². The molecule has 1 fully saturated rings. The summed E-state index contributed by atoms with van der Waals surface area (Å²) in [7, 11) is 0. The first-order chi connectivity index (χ1) is 9.24. The Morgan fingerprint density at radius 2 is 2.11 bits per heavy atom. The highest BCUT2D eigenvalue weighted by Crippen LogP contribution is 2.30. The second-order valence-electron chi connectivity index (χ2n) is 4.38. The molecule has 1 aromatic heterocycles. The molecule has 1 aliphatic heterocycles. The first kappa shape index (κ1) is 13.0. The SMILES string of the molecule is Fc1cc(Br)ccc1-c1csc(N2CCNCC2)n1. The van der Waals surface area contributed by atoms with Crippen LogP contribution in [-0.2, 0) is 0 Å². The molecule has 0 atom stereocenters. The molecule has 1 aliphatic rings. The molecule has 1 saturated heterocycles. The highest BCUT2D eigenvalue weighted by molar-refractivity contribution is 9.10. The number of anilines is 1. The van der Waals surface area contributed by atoms with Crippen molar-refractivity contribution in [2.75, 3.05) is 31.1 Å². The van der Waals surface area contributed by atoms with Crippen molar-refractivity contribution >= 4 is 32.4 Å². The Balaban J connectivity index is 1.87. The summed E-state index contributed by atoms with van der Waals surface area (Å²) in [6, 6.07) is 5.07. The van der Waals surface area contributed by atoms with E-state index in [1.807, 2.05) is 11.4 Å². The lowest BCUT2D eigenvalue weighted by atomic mass is 10.2. The summed E-state index contributed by atoms with van der Waals surface area (Å²) in [6.07, 6.45) is 0. The van der Waals surface area contributed by atoms with Gasteiger partial charge in [0.25, 0.3) is 0 Å². The van der Waals surface area contributed by atoms with Crippen molar-refractivity contribution in [2.24, 2.45) is 0 Å². The number of halogens is 2. The van der Waals surface area contributed by atoms with Crippen molar-refractivity contribution in [3.05, 3.63) is 33.9 Å². The summed E-state index contributed by atoms with van der Waals surface area (Å²) in [5.74, 6) is -0.244. The molecule has 0 aliphatic carbocycles. The van der Waals surface area contributed by atoms with Gasteiger partial charge in [-0.05, 0) is 18.2 Å². The zero-order valence-corrected chi connectivity index (χ0v) is 12.6. The van der Waals surface area contributed by atoms with Crippen LogP contribution in [0.15, 0.2) is 28.1 Å². The Kier molecular flexibility index (Phi) is 3.81. The van der Waals surface area contributed by atoms with Crippen molar-refractivity contribution in [2.45, 2.75) is 0 Å². The van der Waals surface area contributed by atoms with Crippen LogP contribution >= 0.6 is 27.3 Å². The van der Waals surface area contributed by atoms with Crippen LogP contribution in [0.1, 0.15) is 0 Å². The number of nitrogens with one attached hydrogen (secondary N) is 1. The van der Waals surface area contributed by atoms with Crippen LogP contribution in [0.25, 0.3) is 11.3 Å². The number of nitrogens with zero attached hydrogens (tertiary/aromatic N) is 2. The maximum absolute atomic E-state index is 13.9. The van der Waals surface area contributed by atoms with Gasteiger partial charge in [-0.1, -0.05) is 15.9 Å².